The van der Waals surface area contributed by atoms with E-state index in [-0.39, 0.29) is 17.2 Å². The van der Waals surface area contributed by atoms with E-state index in [0.717, 1.165) is 63.2 Å². The first-order valence-electron chi connectivity index (χ1n) is 10.9. The summed E-state index contributed by atoms with van der Waals surface area (Å²) < 4.78 is 1.75. The van der Waals surface area contributed by atoms with Gasteiger partial charge >= 0.3 is 0 Å². The molecule has 0 saturated carbocycles. The van der Waals surface area contributed by atoms with Gasteiger partial charge in [0.2, 0.25) is 5.91 Å². The number of rotatable bonds is 9. The summed E-state index contributed by atoms with van der Waals surface area (Å²) >= 11 is 2.89. The molecule has 0 spiro atoms. The lowest BCUT2D eigenvalue weighted by Gasteiger charge is -2.15. The minimum absolute atomic E-state index is 0.00723. The standard InChI is InChI=1S/C24H31N3O2S2/c1-6-9-13-27-23(29)20-15(4)16(5)31-22(20)26-24(27)30-14-19(28)25-21-17(7-2)11-10-12-18(21)8-3/h10-12H,6-9,13-14H2,1-5H3,(H,25,28). The maximum atomic E-state index is 13.2. The van der Waals surface area contributed by atoms with Gasteiger partial charge in [0.25, 0.3) is 5.56 Å². The molecule has 7 heteroatoms. The smallest absolute Gasteiger partial charge is 0.263 e. The summed E-state index contributed by atoms with van der Waals surface area (Å²) in [6.45, 7) is 10.9. The summed E-state index contributed by atoms with van der Waals surface area (Å²) in [5.41, 5.74) is 4.23. The van der Waals surface area contributed by atoms with Crippen LogP contribution in [0.2, 0.25) is 0 Å². The van der Waals surface area contributed by atoms with Gasteiger partial charge in [-0.05, 0) is 49.8 Å². The summed E-state index contributed by atoms with van der Waals surface area (Å²) in [4.78, 5) is 32.7. The van der Waals surface area contributed by atoms with Gasteiger partial charge in [0.1, 0.15) is 4.83 Å². The van der Waals surface area contributed by atoms with Crippen molar-refractivity contribution in [3.05, 3.63) is 50.1 Å². The number of hydrogen-bond donors (Lipinski definition) is 1. The number of benzene rings is 1. The number of hydrogen-bond acceptors (Lipinski definition) is 5. The van der Waals surface area contributed by atoms with E-state index in [0.29, 0.717) is 11.7 Å². The summed E-state index contributed by atoms with van der Waals surface area (Å²) in [6, 6.07) is 6.15. The van der Waals surface area contributed by atoms with Crippen LogP contribution in [0, 0.1) is 13.8 Å². The highest BCUT2D eigenvalue weighted by Crippen LogP contribution is 2.29. The van der Waals surface area contributed by atoms with Crippen molar-refractivity contribution in [1.82, 2.24) is 9.55 Å². The lowest BCUT2D eigenvalue weighted by atomic mass is 10.0. The van der Waals surface area contributed by atoms with Gasteiger partial charge in [-0.15, -0.1) is 11.3 Å². The van der Waals surface area contributed by atoms with Crippen LogP contribution in [0.25, 0.3) is 10.2 Å². The van der Waals surface area contributed by atoms with Crippen molar-refractivity contribution in [2.45, 2.75) is 72.0 Å². The molecule has 0 fully saturated rings. The minimum atomic E-state index is -0.0736. The largest absolute Gasteiger partial charge is 0.325 e. The molecule has 3 aromatic rings. The molecule has 2 heterocycles. The number of aryl methyl sites for hydroxylation is 4. The van der Waals surface area contributed by atoms with Crippen molar-refractivity contribution < 1.29 is 4.79 Å². The highest BCUT2D eigenvalue weighted by molar-refractivity contribution is 7.99. The van der Waals surface area contributed by atoms with Crippen molar-refractivity contribution in [3.8, 4) is 0 Å². The second-order valence-electron chi connectivity index (χ2n) is 7.66. The van der Waals surface area contributed by atoms with Gasteiger partial charge in [-0.2, -0.15) is 0 Å². The number of carbonyl (C=O) groups is 1. The number of aromatic nitrogens is 2. The monoisotopic (exact) mass is 457 g/mol. The zero-order valence-corrected chi connectivity index (χ0v) is 20.6. The third kappa shape index (κ3) is 5.04. The van der Waals surface area contributed by atoms with Gasteiger partial charge < -0.3 is 5.32 Å². The van der Waals surface area contributed by atoms with Crippen LogP contribution in [-0.4, -0.2) is 21.2 Å². The van der Waals surface area contributed by atoms with Crippen LogP contribution in [0.1, 0.15) is 55.2 Å². The third-order valence-corrected chi connectivity index (χ3v) is 7.66. The molecule has 0 unspecified atom stereocenters. The second-order valence-corrected chi connectivity index (χ2v) is 9.81. The molecule has 3 rings (SSSR count). The molecule has 0 aliphatic carbocycles. The van der Waals surface area contributed by atoms with Gasteiger partial charge in [-0.3, -0.25) is 14.2 Å². The number of fused-ring (bicyclic) bond motifs is 1. The predicted octanol–water partition coefficient (Wildman–Crippen LogP) is 5.73. The average Bonchev–Trinajstić information content (AvgIpc) is 3.05. The summed E-state index contributed by atoms with van der Waals surface area (Å²) in [5.74, 6) is 0.143. The number of thioether (sulfide) groups is 1. The van der Waals surface area contributed by atoms with Crippen LogP contribution >= 0.6 is 23.1 Å². The quantitative estimate of drug-likeness (QED) is 0.329. The molecular weight excluding hydrogens is 426 g/mol. The third-order valence-electron chi connectivity index (χ3n) is 5.58. The molecule has 0 atom stereocenters. The second kappa shape index (κ2) is 10.5. The van der Waals surface area contributed by atoms with E-state index < -0.39 is 0 Å². The van der Waals surface area contributed by atoms with E-state index in [1.54, 1.807) is 15.9 Å². The number of anilines is 1. The Morgan fingerprint density at radius 2 is 1.84 bits per heavy atom. The van der Waals surface area contributed by atoms with Gasteiger partial charge in [0.15, 0.2) is 5.16 Å². The van der Waals surface area contributed by atoms with Crippen molar-refractivity contribution in [2.75, 3.05) is 11.1 Å². The molecule has 0 aliphatic rings. The molecule has 166 valence electrons. The van der Waals surface area contributed by atoms with Crippen LogP contribution in [0.4, 0.5) is 5.69 Å². The van der Waals surface area contributed by atoms with E-state index in [4.69, 9.17) is 4.98 Å². The molecule has 0 bridgehead atoms. The van der Waals surface area contributed by atoms with Crippen molar-refractivity contribution in [2.24, 2.45) is 0 Å². The summed E-state index contributed by atoms with van der Waals surface area (Å²) in [7, 11) is 0. The fourth-order valence-electron chi connectivity index (χ4n) is 3.64. The first-order chi connectivity index (χ1) is 14.9. The number of para-hydroxylation sites is 1. The molecule has 5 nitrogen and oxygen atoms in total. The van der Waals surface area contributed by atoms with Crippen LogP contribution in [0.3, 0.4) is 0 Å². The zero-order valence-electron chi connectivity index (χ0n) is 19.0. The van der Waals surface area contributed by atoms with E-state index in [1.165, 1.54) is 11.8 Å². The van der Waals surface area contributed by atoms with Crippen molar-refractivity contribution >= 4 is 44.9 Å². The Bertz CT molecular complexity index is 1130. The maximum Gasteiger partial charge on any atom is 0.263 e. The number of amides is 1. The number of nitrogens with zero attached hydrogens (tertiary/aromatic N) is 2. The maximum absolute atomic E-state index is 13.2. The number of unbranched alkanes of at least 4 members (excludes halogenated alkanes) is 1. The van der Waals surface area contributed by atoms with Crippen LogP contribution in [0.15, 0.2) is 28.2 Å². The molecule has 0 aliphatic heterocycles. The minimum Gasteiger partial charge on any atom is -0.325 e. The van der Waals surface area contributed by atoms with Crippen molar-refractivity contribution in [1.29, 1.82) is 0 Å². The summed E-state index contributed by atoms with van der Waals surface area (Å²) in [6.07, 6.45) is 3.62. The van der Waals surface area contributed by atoms with Crippen LogP contribution in [-0.2, 0) is 24.2 Å². The average molecular weight is 458 g/mol. The molecule has 1 aromatic carbocycles. The molecule has 2 aromatic heterocycles. The Morgan fingerprint density at radius 3 is 2.45 bits per heavy atom. The molecule has 1 amide bonds. The van der Waals surface area contributed by atoms with E-state index in [2.05, 4.69) is 38.2 Å². The Labute approximate surface area is 192 Å². The van der Waals surface area contributed by atoms with E-state index in [9.17, 15) is 9.59 Å². The topological polar surface area (TPSA) is 64.0 Å². The lowest BCUT2D eigenvalue weighted by Crippen LogP contribution is -2.24. The van der Waals surface area contributed by atoms with Gasteiger partial charge in [0.05, 0.1) is 11.1 Å². The normalized spacial score (nSPS) is 11.3. The fourth-order valence-corrected chi connectivity index (χ4v) is 5.54. The number of carbonyl (C=O) groups excluding carboxylic acids is 1. The van der Waals surface area contributed by atoms with Gasteiger partial charge in [-0.25, -0.2) is 4.98 Å². The SMILES string of the molecule is CCCCn1c(SCC(=O)Nc2c(CC)cccc2CC)nc2sc(C)c(C)c2c1=O. The molecule has 0 saturated heterocycles. The highest BCUT2D eigenvalue weighted by Gasteiger charge is 2.18. The summed E-state index contributed by atoms with van der Waals surface area (Å²) in [5, 5.41) is 4.45. The van der Waals surface area contributed by atoms with Crippen LogP contribution < -0.4 is 10.9 Å². The van der Waals surface area contributed by atoms with Gasteiger partial charge in [0, 0.05) is 17.1 Å². The van der Waals surface area contributed by atoms with Crippen LogP contribution in [0.5, 0.6) is 0 Å². The molecular formula is C24H31N3O2S2. The lowest BCUT2D eigenvalue weighted by molar-refractivity contribution is -0.113. The van der Waals surface area contributed by atoms with E-state index >= 15 is 0 Å². The van der Waals surface area contributed by atoms with Gasteiger partial charge in [-0.1, -0.05) is 57.2 Å². The highest BCUT2D eigenvalue weighted by atomic mass is 32.2. The fraction of sp³-hybridized carbons (Fsp3) is 0.458. The zero-order chi connectivity index (χ0) is 22.5. The molecule has 1 N–H and O–H groups in total. The Hall–Kier alpha value is -2.12. The van der Waals surface area contributed by atoms with Crippen molar-refractivity contribution in [3.63, 3.8) is 0 Å². The Balaban J connectivity index is 1.87. The van der Waals surface area contributed by atoms with E-state index in [1.807, 2.05) is 19.9 Å². The molecule has 31 heavy (non-hydrogen) atoms. The first kappa shape index (κ1) is 23.5. The predicted molar refractivity (Wildman–Crippen MR) is 133 cm³/mol. The first-order valence-corrected chi connectivity index (χ1v) is 12.7. The Morgan fingerprint density at radius 1 is 1.16 bits per heavy atom. The molecule has 0 radical (unpaired) electrons. The number of nitrogens with one attached hydrogen (secondary N) is 1. The Kier molecular flexibility index (Phi) is 7.94. The number of thiophene rings is 1.